The van der Waals surface area contributed by atoms with Gasteiger partial charge in [-0.25, -0.2) is 18.7 Å². The number of ether oxygens (including phenoxy) is 1. The van der Waals surface area contributed by atoms with Crippen molar-refractivity contribution in [3.05, 3.63) is 79.9 Å². The van der Waals surface area contributed by atoms with Gasteiger partial charge in [-0.2, -0.15) is 0 Å². The van der Waals surface area contributed by atoms with Crippen molar-refractivity contribution in [1.82, 2.24) is 14.5 Å². The SMILES string of the molecule is Cc1cc(OCc2ccc(F)cc2F)c(Br)c(=O)n1Cc1ccnc(S(C)=O)n1. The lowest BCUT2D eigenvalue weighted by molar-refractivity contribution is 0.295. The van der Waals surface area contributed by atoms with Gasteiger partial charge in [0.1, 0.15) is 28.5 Å². The predicted molar refractivity (Wildman–Crippen MR) is 107 cm³/mol. The second kappa shape index (κ2) is 8.91. The monoisotopic (exact) mass is 483 g/mol. The smallest absolute Gasteiger partial charge is 0.269 e. The van der Waals surface area contributed by atoms with Gasteiger partial charge in [-0.05, 0) is 41.1 Å². The molecule has 0 spiro atoms. The van der Waals surface area contributed by atoms with Crippen LogP contribution in [0.1, 0.15) is 17.0 Å². The summed E-state index contributed by atoms with van der Waals surface area (Å²) in [5.74, 6) is -1.16. The molecule has 0 saturated carbocycles. The Hall–Kier alpha value is -2.46. The Morgan fingerprint density at radius 2 is 2.00 bits per heavy atom. The summed E-state index contributed by atoms with van der Waals surface area (Å²) in [4.78, 5) is 20.9. The van der Waals surface area contributed by atoms with Gasteiger partial charge in [0.05, 0.1) is 23.0 Å². The summed E-state index contributed by atoms with van der Waals surface area (Å²) in [7, 11) is -1.33. The van der Waals surface area contributed by atoms with Gasteiger partial charge < -0.3 is 9.30 Å². The molecule has 0 N–H and O–H groups in total. The van der Waals surface area contributed by atoms with Crippen molar-refractivity contribution in [3.8, 4) is 5.75 Å². The fourth-order valence-electron chi connectivity index (χ4n) is 2.58. The average molecular weight is 484 g/mol. The van der Waals surface area contributed by atoms with Crippen LogP contribution in [-0.4, -0.2) is 25.0 Å². The first kappa shape index (κ1) is 21.3. The largest absolute Gasteiger partial charge is 0.487 e. The lowest BCUT2D eigenvalue weighted by Crippen LogP contribution is -2.24. The first-order valence-corrected chi connectivity index (χ1v) is 10.7. The molecule has 0 amide bonds. The van der Waals surface area contributed by atoms with Crippen LogP contribution in [0.25, 0.3) is 0 Å². The zero-order chi connectivity index (χ0) is 21.1. The van der Waals surface area contributed by atoms with Gasteiger partial charge in [0.15, 0.2) is 0 Å². The van der Waals surface area contributed by atoms with Gasteiger partial charge in [0.2, 0.25) is 5.16 Å². The van der Waals surface area contributed by atoms with Crippen LogP contribution in [0.2, 0.25) is 0 Å². The molecule has 1 aromatic carbocycles. The van der Waals surface area contributed by atoms with Crippen LogP contribution >= 0.6 is 15.9 Å². The Labute approximate surface area is 176 Å². The van der Waals surface area contributed by atoms with E-state index in [-0.39, 0.29) is 39.7 Å². The lowest BCUT2D eigenvalue weighted by atomic mass is 10.2. The molecule has 0 aliphatic heterocycles. The van der Waals surface area contributed by atoms with E-state index in [1.54, 1.807) is 19.1 Å². The number of aromatic nitrogens is 3. The molecule has 0 radical (unpaired) electrons. The maximum absolute atomic E-state index is 13.8. The van der Waals surface area contributed by atoms with E-state index in [1.807, 2.05) is 0 Å². The van der Waals surface area contributed by atoms with Crippen molar-refractivity contribution in [1.29, 1.82) is 0 Å². The average Bonchev–Trinajstić information content (AvgIpc) is 2.68. The molecule has 29 heavy (non-hydrogen) atoms. The number of nitrogens with zero attached hydrogens (tertiary/aromatic N) is 3. The van der Waals surface area contributed by atoms with Gasteiger partial charge in [-0.1, -0.05) is 0 Å². The van der Waals surface area contributed by atoms with E-state index in [4.69, 9.17) is 4.74 Å². The Morgan fingerprint density at radius 3 is 2.69 bits per heavy atom. The first-order valence-electron chi connectivity index (χ1n) is 8.38. The third-order valence-corrected chi connectivity index (χ3v) is 5.52. The molecule has 152 valence electrons. The highest BCUT2D eigenvalue weighted by atomic mass is 79.9. The minimum Gasteiger partial charge on any atom is -0.487 e. The van der Waals surface area contributed by atoms with Crippen molar-refractivity contribution in [2.24, 2.45) is 0 Å². The molecule has 0 aliphatic rings. The number of benzene rings is 1. The van der Waals surface area contributed by atoms with E-state index < -0.39 is 22.4 Å². The van der Waals surface area contributed by atoms with Crippen LogP contribution in [0.5, 0.6) is 5.75 Å². The molecule has 0 saturated heterocycles. The number of halogens is 3. The van der Waals surface area contributed by atoms with Gasteiger partial charge in [-0.15, -0.1) is 0 Å². The Bertz CT molecular complexity index is 1150. The van der Waals surface area contributed by atoms with Crippen LogP contribution < -0.4 is 10.3 Å². The fraction of sp³-hybridized carbons (Fsp3) is 0.211. The Morgan fingerprint density at radius 1 is 1.24 bits per heavy atom. The third kappa shape index (κ3) is 4.94. The molecule has 3 rings (SSSR count). The quantitative estimate of drug-likeness (QED) is 0.502. The zero-order valence-electron chi connectivity index (χ0n) is 15.5. The van der Waals surface area contributed by atoms with Crippen molar-refractivity contribution >= 4 is 26.7 Å². The van der Waals surface area contributed by atoms with Crippen LogP contribution in [0.3, 0.4) is 0 Å². The predicted octanol–water partition coefficient (Wildman–Crippen LogP) is 3.35. The Kier molecular flexibility index (Phi) is 6.53. The molecule has 10 heteroatoms. The number of hydrogen-bond donors (Lipinski definition) is 0. The zero-order valence-corrected chi connectivity index (χ0v) is 17.9. The second-order valence-electron chi connectivity index (χ2n) is 6.16. The van der Waals surface area contributed by atoms with Gasteiger partial charge in [0, 0.05) is 35.8 Å². The van der Waals surface area contributed by atoms with E-state index in [0.29, 0.717) is 11.4 Å². The van der Waals surface area contributed by atoms with Gasteiger partial charge >= 0.3 is 0 Å². The number of pyridine rings is 1. The van der Waals surface area contributed by atoms with Crippen LogP contribution in [-0.2, 0) is 24.0 Å². The molecular weight excluding hydrogens is 468 g/mol. The maximum Gasteiger partial charge on any atom is 0.269 e. The number of aryl methyl sites for hydroxylation is 1. The lowest BCUT2D eigenvalue weighted by Gasteiger charge is -2.14. The molecule has 2 aromatic heterocycles. The number of hydrogen-bond acceptors (Lipinski definition) is 5. The minimum atomic E-state index is -1.33. The summed E-state index contributed by atoms with van der Waals surface area (Å²) in [5, 5.41) is 0.188. The first-order chi connectivity index (χ1) is 13.8. The number of rotatable bonds is 6. The van der Waals surface area contributed by atoms with E-state index in [2.05, 4.69) is 25.9 Å². The van der Waals surface area contributed by atoms with Crippen LogP contribution in [0.15, 0.2) is 51.0 Å². The standard InChI is InChI=1S/C19H16BrF2N3O3S/c1-11-7-16(28-10-12-3-4-13(21)8-15(12)22)17(20)18(26)25(11)9-14-5-6-23-19(24-14)29(2)27/h3-8H,9-10H2,1-2H3. The van der Waals surface area contributed by atoms with E-state index in [1.165, 1.54) is 23.1 Å². The summed E-state index contributed by atoms with van der Waals surface area (Å²) in [6.45, 7) is 1.72. The fourth-order valence-corrected chi connectivity index (χ4v) is 3.47. The molecule has 2 heterocycles. The summed E-state index contributed by atoms with van der Waals surface area (Å²) in [6, 6.07) is 6.47. The highest BCUT2D eigenvalue weighted by Crippen LogP contribution is 2.24. The summed E-state index contributed by atoms with van der Waals surface area (Å²) < 4.78 is 45.6. The summed E-state index contributed by atoms with van der Waals surface area (Å²) in [6.07, 6.45) is 2.96. The molecule has 0 bridgehead atoms. The van der Waals surface area contributed by atoms with Crippen molar-refractivity contribution < 1.29 is 17.7 Å². The third-order valence-electron chi connectivity index (χ3n) is 4.08. The van der Waals surface area contributed by atoms with Gasteiger partial charge in [0.25, 0.3) is 5.56 Å². The van der Waals surface area contributed by atoms with Crippen LogP contribution in [0.4, 0.5) is 8.78 Å². The highest BCUT2D eigenvalue weighted by Gasteiger charge is 2.14. The summed E-state index contributed by atoms with van der Waals surface area (Å²) in [5.41, 5.74) is 0.925. The van der Waals surface area contributed by atoms with Crippen molar-refractivity contribution in [3.63, 3.8) is 0 Å². The molecule has 0 aliphatic carbocycles. The van der Waals surface area contributed by atoms with E-state index in [9.17, 15) is 17.8 Å². The Balaban J connectivity index is 1.85. The highest BCUT2D eigenvalue weighted by molar-refractivity contribution is 9.10. The van der Waals surface area contributed by atoms with E-state index >= 15 is 0 Å². The van der Waals surface area contributed by atoms with Gasteiger partial charge in [-0.3, -0.25) is 9.00 Å². The normalized spacial score (nSPS) is 12.0. The maximum atomic E-state index is 13.8. The molecule has 3 aromatic rings. The summed E-state index contributed by atoms with van der Waals surface area (Å²) >= 11 is 3.23. The molecule has 1 atom stereocenters. The molecule has 1 unspecified atom stereocenters. The topological polar surface area (TPSA) is 74.1 Å². The molecular formula is C19H16BrF2N3O3S. The minimum absolute atomic E-state index is 0.156. The molecule has 6 nitrogen and oxygen atoms in total. The van der Waals surface area contributed by atoms with Crippen LogP contribution in [0, 0.1) is 18.6 Å². The van der Waals surface area contributed by atoms with Crippen molar-refractivity contribution in [2.75, 3.05) is 6.26 Å². The second-order valence-corrected chi connectivity index (χ2v) is 8.23. The van der Waals surface area contributed by atoms with Crippen molar-refractivity contribution in [2.45, 2.75) is 25.2 Å². The molecule has 0 fully saturated rings. The van der Waals surface area contributed by atoms with E-state index in [0.717, 1.165) is 12.1 Å².